The van der Waals surface area contributed by atoms with Gasteiger partial charge in [-0.3, -0.25) is 9.59 Å². The minimum atomic E-state index is -1.03. The van der Waals surface area contributed by atoms with Crippen molar-refractivity contribution < 1.29 is 42.8 Å². The number of ether oxygens (including phenoxy) is 6. The molecular formula is C23H29NO9. The second-order valence-electron chi connectivity index (χ2n) is 8.20. The van der Waals surface area contributed by atoms with Crippen LogP contribution in [-0.4, -0.2) is 62.8 Å². The highest BCUT2D eigenvalue weighted by atomic mass is 16.8. The lowest BCUT2D eigenvalue weighted by Crippen LogP contribution is -2.34. The van der Waals surface area contributed by atoms with E-state index < -0.39 is 36.0 Å². The van der Waals surface area contributed by atoms with Gasteiger partial charge in [0, 0.05) is 25.7 Å². The molecule has 0 radical (unpaired) electrons. The van der Waals surface area contributed by atoms with Gasteiger partial charge in [-0.05, 0) is 26.8 Å². The molecule has 10 heteroatoms. The third kappa shape index (κ3) is 6.10. The predicted molar refractivity (Wildman–Crippen MR) is 116 cm³/mol. The standard InChI is InChI=1S/C23H29NO9/c1-13-7-6-8-16(25)21-18(32-23(2,3)33-21)11-19(26)24-15-9-14(29-5)10-17(30-12-28-4)20(15)22(27)31-13/h6,8-10,13,18,21H,7,11-12H2,1-5H3,(H,24,26)/b8-6-/t13-,18-,21+/m0/s1. The molecule has 0 bridgehead atoms. The highest BCUT2D eigenvalue weighted by molar-refractivity contribution is 6.04. The average Bonchev–Trinajstić information content (AvgIpc) is 3.04. The van der Waals surface area contributed by atoms with Crippen LogP contribution in [0.2, 0.25) is 0 Å². The summed E-state index contributed by atoms with van der Waals surface area (Å²) in [5, 5.41) is 2.70. The Balaban J connectivity index is 2.03. The van der Waals surface area contributed by atoms with E-state index in [0.717, 1.165) is 0 Å². The largest absolute Gasteiger partial charge is 0.497 e. The van der Waals surface area contributed by atoms with E-state index in [1.807, 2.05) is 0 Å². The number of hydrogen-bond donors (Lipinski definition) is 1. The summed E-state index contributed by atoms with van der Waals surface area (Å²) in [7, 11) is 2.89. The average molecular weight is 463 g/mol. The highest BCUT2D eigenvalue weighted by Gasteiger charge is 2.45. The zero-order valence-corrected chi connectivity index (χ0v) is 19.3. The van der Waals surface area contributed by atoms with Crippen molar-refractivity contribution in [2.45, 2.75) is 57.7 Å². The second-order valence-corrected chi connectivity index (χ2v) is 8.20. The maximum Gasteiger partial charge on any atom is 0.344 e. The van der Waals surface area contributed by atoms with Gasteiger partial charge in [0.2, 0.25) is 5.91 Å². The summed E-state index contributed by atoms with van der Waals surface area (Å²) in [5.74, 6) is -2.08. The maximum absolute atomic E-state index is 13.0. The molecule has 1 N–H and O–H groups in total. The fourth-order valence-electron chi connectivity index (χ4n) is 3.62. The fraction of sp³-hybridized carbons (Fsp3) is 0.522. The van der Waals surface area contributed by atoms with Gasteiger partial charge >= 0.3 is 5.97 Å². The number of carbonyl (C=O) groups excluding carboxylic acids is 3. The van der Waals surface area contributed by atoms with E-state index in [-0.39, 0.29) is 36.0 Å². The first-order valence-electron chi connectivity index (χ1n) is 10.5. The van der Waals surface area contributed by atoms with Gasteiger partial charge in [-0.1, -0.05) is 6.08 Å². The molecular weight excluding hydrogens is 434 g/mol. The van der Waals surface area contributed by atoms with Crippen LogP contribution in [-0.2, 0) is 28.5 Å². The van der Waals surface area contributed by atoms with Crippen molar-refractivity contribution in [3.05, 3.63) is 29.8 Å². The van der Waals surface area contributed by atoms with Crippen LogP contribution in [0.4, 0.5) is 5.69 Å². The number of rotatable bonds is 4. The molecule has 0 saturated carbocycles. The first kappa shape index (κ1) is 24.7. The SMILES string of the molecule is COCOc1cc(OC)cc2c1C(=O)O[C@@H](C)C/C=C\C(=O)[C@H]1OC(C)(C)O[C@H]1CC(=O)N2. The Morgan fingerprint density at radius 1 is 1.15 bits per heavy atom. The summed E-state index contributed by atoms with van der Waals surface area (Å²) in [6, 6.07) is 2.99. The van der Waals surface area contributed by atoms with Gasteiger partial charge < -0.3 is 33.7 Å². The quantitative estimate of drug-likeness (QED) is 0.531. The predicted octanol–water partition coefficient (Wildman–Crippen LogP) is 2.60. The zero-order valence-electron chi connectivity index (χ0n) is 19.3. The zero-order chi connectivity index (χ0) is 24.2. The Labute approximate surface area is 192 Å². The summed E-state index contributed by atoms with van der Waals surface area (Å²) in [6.45, 7) is 4.91. The van der Waals surface area contributed by atoms with Crippen LogP contribution < -0.4 is 14.8 Å². The molecule has 1 saturated heterocycles. The molecule has 1 aromatic carbocycles. The third-order valence-corrected chi connectivity index (χ3v) is 5.03. The minimum absolute atomic E-state index is 0.0191. The molecule has 3 atom stereocenters. The molecule has 2 aliphatic heterocycles. The molecule has 1 aromatic rings. The van der Waals surface area contributed by atoms with Crippen molar-refractivity contribution >= 4 is 23.3 Å². The highest BCUT2D eigenvalue weighted by Crippen LogP contribution is 2.35. The lowest BCUT2D eigenvalue weighted by Gasteiger charge is -2.20. The van der Waals surface area contributed by atoms with Crippen molar-refractivity contribution in [3.8, 4) is 11.5 Å². The molecule has 1 amide bonds. The molecule has 1 fully saturated rings. The minimum Gasteiger partial charge on any atom is -0.497 e. The van der Waals surface area contributed by atoms with E-state index in [9.17, 15) is 14.4 Å². The van der Waals surface area contributed by atoms with Crippen molar-refractivity contribution in [1.82, 2.24) is 0 Å². The lowest BCUT2D eigenvalue weighted by atomic mass is 10.0. The number of nitrogens with one attached hydrogen (secondary N) is 1. The molecule has 0 spiro atoms. The smallest absolute Gasteiger partial charge is 0.344 e. The number of ketones is 1. The third-order valence-electron chi connectivity index (χ3n) is 5.03. The van der Waals surface area contributed by atoms with Gasteiger partial charge in [0.15, 0.2) is 18.4 Å². The van der Waals surface area contributed by atoms with Crippen LogP contribution in [0, 0.1) is 0 Å². The lowest BCUT2D eigenvalue weighted by molar-refractivity contribution is -0.153. The van der Waals surface area contributed by atoms with E-state index in [0.29, 0.717) is 12.2 Å². The molecule has 0 aliphatic carbocycles. The van der Waals surface area contributed by atoms with Gasteiger partial charge in [-0.15, -0.1) is 0 Å². The van der Waals surface area contributed by atoms with Crippen LogP contribution in [0.5, 0.6) is 11.5 Å². The molecule has 0 unspecified atom stereocenters. The van der Waals surface area contributed by atoms with Crippen LogP contribution in [0.1, 0.15) is 44.0 Å². The van der Waals surface area contributed by atoms with Crippen LogP contribution in [0.25, 0.3) is 0 Å². The van der Waals surface area contributed by atoms with Gasteiger partial charge in [-0.2, -0.15) is 0 Å². The molecule has 3 rings (SSSR count). The Kier molecular flexibility index (Phi) is 7.72. The van der Waals surface area contributed by atoms with Crippen molar-refractivity contribution in [3.63, 3.8) is 0 Å². The monoisotopic (exact) mass is 463 g/mol. The maximum atomic E-state index is 13.0. The van der Waals surface area contributed by atoms with Gasteiger partial charge in [0.05, 0.1) is 19.2 Å². The van der Waals surface area contributed by atoms with Crippen molar-refractivity contribution in [1.29, 1.82) is 0 Å². The molecule has 0 aromatic heterocycles. The van der Waals surface area contributed by atoms with Gasteiger partial charge in [0.1, 0.15) is 35.4 Å². The number of carbonyl (C=O) groups is 3. The number of esters is 1. The number of benzene rings is 1. The summed E-state index contributed by atoms with van der Waals surface area (Å²) in [4.78, 5) is 38.7. The Morgan fingerprint density at radius 3 is 2.61 bits per heavy atom. The summed E-state index contributed by atoms with van der Waals surface area (Å²) < 4.78 is 32.9. The van der Waals surface area contributed by atoms with E-state index in [4.69, 9.17) is 28.4 Å². The van der Waals surface area contributed by atoms with E-state index in [2.05, 4.69) is 5.32 Å². The molecule has 33 heavy (non-hydrogen) atoms. The summed E-state index contributed by atoms with van der Waals surface area (Å²) >= 11 is 0. The Bertz CT molecular complexity index is 940. The number of fused-ring (bicyclic) bond motifs is 2. The van der Waals surface area contributed by atoms with Crippen LogP contribution >= 0.6 is 0 Å². The molecule has 2 heterocycles. The summed E-state index contributed by atoms with van der Waals surface area (Å²) in [6.07, 6.45) is 0.793. The normalized spacial score (nSPS) is 26.3. The van der Waals surface area contributed by atoms with E-state index in [1.165, 1.54) is 32.4 Å². The van der Waals surface area contributed by atoms with E-state index in [1.54, 1.807) is 26.8 Å². The van der Waals surface area contributed by atoms with E-state index >= 15 is 0 Å². The second kappa shape index (κ2) is 10.3. The molecule has 180 valence electrons. The van der Waals surface area contributed by atoms with Crippen LogP contribution in [0.15, 0.2) is 24.3 Å². The van der Waals surface area contributed by atoms with Crippen molar-refractivity contribution in [2.75, 3.05) is 26.3 Å². The first-order valence-corrected chi connectivity index (χ1v) is 10.5. The first-order chi connectivity index (χ1) is 15.6. The summed E-state index contributed by atoms with van der Waals surface area (Å²) in [5.41, 5.74) is 0.155. The molecule has 10 nitrogen and oxygen atoms in total. The number of anilines is 1. The Morgan fingerprint density at radius 2 is 1.91 bits per heavy atom. The number of methoxy groups -OCH3 is 2. The topological polar surface area (TPSA) is 119 Å². The number of hydrogen-bond acceptors (Lipinski definition) is 9. The van der Waals surface area contributed by atoms with Gasteiger partial charge in [0.25, 0.3) is 0 Å². The Hall–Kier alpha value is -2.95. The fourth-order valence-corrected chi connectivity index (χ4v) is 3.62. The molecule has 2 aliphatic rings. The van der Waals surface area contributed by atoms with Crippen molar-refractivity contribution in [2.24, 2.45) is 0 Å². The number of cyclic esters (lactones) is 1. The number of amides is 1. The van der Waals surface area contributed by atoms with Gasteiger partial charge in [-0.25, -0.2) is 4.79 Å². The van der Waals surface area contributed by atoms with Crippen LogP contribution in [0.3, 0.4) is 0 Å².